The van der Waals surface area contributed by atoms with Crippen LogP contribution in [0, 0.1) is 10.8 Å². The van der Waals surface area contributed by atoms with Crippen LogP contribution in [-0.4, -0.2) is 11.4 Å². The molecular weight excluding hydrogens is 148 g/mol. The van der Waals surface area contributed by atoms with Crippen LogP contribution < -0.4 is 0 Å². The summed E-state index contributed by atoms with van der Waals surface area (Å²) in [5, 5.41) is 15.1. The Hall–Kier alpha value is -1.44. The van der Waals surface area contributed by atoms with E-state index in [2.05, 4.69) is 6.08 Å². The van der Waals surface area contributed by atoms with E-state index in [0.29, 0.717) is 11.4 Å². The molecule has 0 bridgehead atoms. The van der Waals surface area contributed by atoms with Crippen molar-refractivity contribution in [3.05, 3.63) is 35.5 Å². The molecule has 0 heterocycles. The van der Waals surface area contributed by atoms with E-state index in [1.54, 1.807) is 6.08 Å². The zero-order valence-corrected chi connectivity index (χ0v) is 6.72. The van der Waals surface area contributed by atoms with Crippen LogP contribution in [0.5, 0.6) is 0 Å². The SMILES string of the molecule is N=C1C=CC2=C(C=CCC2)C1=N. The Morgan fingerprint density at radius 3 is 2.75 bits per heavy atom. The highest BCUT2D eigenvalue weighted by atomic mass is 14.5. The van der Waals surface area contributed by atoms with E-state index in [-0.39, 0.29) is 0 Å². The highest BCUT2D eigenvalue weighted by Gasteiger charge is 2.16. The van der Waals surface area contributed by atoms with Crippen molar-refractivity contribution in [1.29, 1.82) is 10.8 Å². The first kappa shape index (κ1) is 7.22. The van der Waals surface area contributed by atoms with Crippen molar-refractivity contribution in [3.63, 3.8) is 0 Å². The summed E-state index contributed by atoms with van der Waals surface area (Å²) >= 11 is 0. The Morgan fingerprint density at radius 2 is 1.92 bits per heavy atom. The Balaban J connectivity index is 2.48. The average molecular weight is 158 g/mol. The number of hydrogen-bond donors (Lipinski definition) is 2. The summed E-state index contributed by atoms with van der Waals surface area (Å²) < 4.78 is 0. The van der Waals surface area contributed by atoms with Gasteiger partial charge in [0.1, 0.15) is 0 Å². The van der Waals surface area contributed by atoms with E-state index >= 15 is 0 Å². The monoisotopic (exact) mass is 158 g/mol. The molecule has 0 aromatic carbocycles. The lowest BCUT2D eigenvalue weighted by Crippen LogP contribution is -2.17. The fourth-order valence-corrected chi connectivity index (χ4v) is 1.51. The second-order valence-corrected chi connectivity index (χ2v) is 3.00. The molecule has 12 heavy (non-hydrogen) atoms. The molecule has 0 spiro atoms. The number of rotatable bonds is 0. The normalized spacial score (nSPS) is 21.7. The van der Waals surface area contributed by atoms with Crippen molar-refractivity contribution in [2.24, 2.45) is 0 Å². The maximum absolute atomic E-state index is 7.63. The van der Waals surface area contributed by atoms with Gasteiger partial charge in [0, 0.05) is 5.57 Å². The molecule has 0 unspecified atom stereocenters. The van der Waals surface area contributed by atoms with Crippen molar-refractivity contribution < 1.29 is 0 Å². The summed E-state index contributed by atoms with van der Waals surface area (Å²) in [6.45, 7) is 0. The highest BCUT2D eigenvalue weighted by Crippen LogP contribution is 2.24. The maximum Gasteiger partial charge on any atom is 0.0864 e. The number of hydrogen-bond acceptors (Lipinski definition) is 2. The minimum absolute atomic E-state index is 0.320. The topological polar surface area (TPSA) is 47.7 Å². The predicted molar refractivity (Wildman–Crippen MR) is 50.0 cm³/mol. The molecule has 0 aliphatic heterocycles. The molecule has 2 nitrogen and oxygen atoms in total. The quantitative estimate of drug-likeness (QED) is 0.508. The van der Waals surface area contributed by atoms with E-state index in [1.807, 2.05) is 12.2 Å². The molecule has 2 aliphatic carbocycles. The second-order valence-electron chi connectivity index (χ2n) is 3.00. The molecule has 0 fully saturated rings. The maximum atomic E-state index is 7.63. The minimum Gasteiger partial charge on any atom is -0.299 e. The van der Waals surface area contributed by atoms with E-state index in [9.17, 15) is 0 Å². The first-order chi connectivity index (χ1) is 5.79. The Bertz CT molecular complexity index is 343. The van der Waals surface area contributed by atoms with Gasteiger partial charge in [0.2, 0.25) is 0 Å². The molecule has 0 aromatic rings. The standard InChI is InChI=1S/C10H10N2/c11-9-6-5-7-3-1-2-4-8(7)10(9)12/h2,4-6,11-12H,1,3H2. The summed E-state index contributed by atoms with van der Waals surface area (Å²) in [5.41, 5.74) is 2.83. The first-order valence-corrected chi connectivity index (χ1v) is 4.04. The van der Waals surface area contributed by atoms with Gasteiger partial charge in [0.05, 0.1) is 11.4 Å². The van der Waals surface area contributed by atoms with Crippen LogP contribution in [0.25, 0.3) is 0 Å². The van der Waals surface area contributed by atoms with Crippen molar-refractivity contribution in [3.8, 4) is 0 Å². The minimum atomic E-state index is 0.320. The molecule has 0 saturated carbocycles. The smallest absolute Gasteiger partial charge is 0.0864 e. The largest absolute Gasteiger partial charge is 0.299 e. The third kappa shape index (κ3) is 0.961. The van der Waals surface area contributed by atoms with Crippen LogP contribution >= 0.6 is 0 Å². The molecule has 2 N–H and O–H groups in total. The van der Waals surface area contributed by atoms with Gasteiger partial charge in [0.25, 0.3) is 0 Å². The molecule has 0 saturated heterocycles. The van der Waals surface area contributed by atoms with Gasteiger partial charge in [-0.05, 0) is 24.5 Å². The van der Waals surface area contributed by atoms with Gasteiger partial charge in [-0.2, -0.15) is 0 Å². The Kier molecular flexibility index (Phi) is 1.54. The first-order valence-electron chi connectivity index (χ1n) is 4.04. The lowest BCUT2D eigenvalue weighted by Gasteiger charge is -2.17. The molecule has 2 rings (SSSR count). The molecule has 2 heteroatoms. The number of nitrogens with one attached hydrogen (secondary N) is 2. The van der Waals surface area contributed by atoms with Gasteiger partial charge in [-0.3, -0.25) is 10.8 Å². The van der Waals surface area contributed by atoms with Crippen LogP contribution in [-0.2, 0) is 0 Å². The van der Waals surface area contributed by atoms with Crippen molar-refractivity contribution in [2.45, 2.75) is 12.8 Å². The molecule has 0 radical (unpaired) electrons. The molecule has 0 aromatic heterocycles. The molecular formula is C10H10N2. The fourth-order valence-electron chi connectivity index (χ4n) is 1.51. The zero-order chi connectivity index (χ0) is 8.55. The van der Waals surface area contributed by atoms with Crippen LogP contribution in [0.3, 0.4) is 0 Å². The lowest BCUT2D eigenvalue weighted by molar-refractivity contribution is 0.980. The van der Waals surface area contributed by atoms with Crippen LogP contribution in [0.15, 0.2) is 35.5 Å². The summed E-state index contributed by atoms with van der Waals surface area (Å²) in [5.74, 6) is 0. The summed E-state index contributed by atoms with van der Waals surface area (Å²) in [6.07, 6.45) is 9.76. The van der Waals surface area contributed by atoms with Crippen LogP contribution in [0.2, 0.25) is 0 Å². The zero-order valence-electron chi connectivity index (χ0n) is 6.72. The molecule has 2 aliphatic rings. The van der Waals surface area contributed by atoms with E-state index in [1.165, 1.54) is 5.57 Å². The van der Waals surface area contributed by atoms with Gasteiger partial charge >= 0.3 is 0 Å². The molecule has 0 amide bonds. The average Bonchev–Trinajstić information content (AvgIpc) is 2.12. The van der Waals surface area contributed by atoms with Gasteiger partial charge < -0.3 is 0 Å². The van der Waals surface area contributed by atoms with E-state index < -0.39 is 0 Å². The van der Waals surface area contributed by atoms with Crippen LogP contribution in [0.1, 0.15) is 12.8 Å². The highest BCUT2D eigenvalue weighted by molar-refractivity contribution is 6.51. The van der Waals surface area contributed by atoms with Crippen molar-refractivity contribution >= 4 is 11.4 Å². The third-order valence-electron chi connectivity index (χ3n) is 2.20. The number of allylic oxidation sites excluding steroid dienone is 6. The Labute approximate surface area is 71.3 Å². The van der Waals surface area contributed by atoms with Gasteiger partial charge in [-0.15, -0.1) is 0 Å². The fraction of sp³-hybridized carbons (Fsp3) is 0.200. The van der Waals surface area contributed by atoms with Gasteiger partial charge in [-0.25, -0.2) is 0 Å². The second kappa shape index (κ2) is 2.55. The molecule has 60 valence electrons. The van der Waals surface area contributed by atoms with Crippen molar-refractivity contribution in [2.75, 3.05) is 0 Å². The van der Waals surface area contributed by atoms with Gasteiger partial charge in [-0.1, -0.05) is 18.2 Å². The molecule has 0 atom stereocenters. The predicted octanol–water partition coefficient (Wildman–Crippen LogP) is 2.24. The summed E-state index contributed by atoms with van der Waals surface area (Å²) in [4.78, 5) is 0. The summed E-state index contributed by atoms with van der Waals surface area (Å²) in [6, 6.07) is 0. The van der Waals surface area contributed by atoms with E-state index in [4.69, 9.17) is 10.8 Å². The van der Waals surface area contributed by atoms with E-state index in [0.717, 1.165) is 18.4 Å². The third-order valence-corrected chi connectivity index (χ3v) is 2.20. The van der Waals surface area contributed by atoms with Crippen LogP contribution in [0.4, 0.5) is 0 Å². The Morgan fingerprint density at radius 1 is 1.08 bits per heavy atom. The lowest BCUT2D eigenvalue weighted by atomic mass is 9.88. The van der Waals surface area contributed by atoms with Crippen molar-refractivity contribution in [1.82, 2.24) is 0 Å². The summed E-state index contributed by atoms with van der Waals surface area (Å²) in [7, 11) is 0. The van der Waals surface area contributed by atoms with Gasteiger partial charge in [0.15, 0.2) is 0 Å².